The summed E-state index contributed by atoms with van der Waals surface area (Å²) in [6.45, 7) is 7.13. The van der Waals surface area contributed by atoms with Crippen molar-refractivity contribution in [1.82, 2.24) is 14.9 Å². The van der Waals surface area contributed by atoms with E-state index in [2.05, 4.69) is 25.8 Å². The van der Waals surface area contributed by atoms with Crippen LogP contribution in [0.2, 0.25) is 5.02 Å². The van der Waals surface area contributed by atoms with Crippen molar-refractivity contribution in [3.05, 3.63) is 46.7 Å². The monoisotopic (exact) mass is 413 g/mol. The van der Waals surface area contributed by atoms with E-state index in [1.54, 1.807) is 0 Å². The number of carbonyl (C=O) groups is 1. The summed E-state index contributed by atoms with van der Waals surface area (Å²) in [7, 11) is 0. The van der Waals surface area contributed by atoms with E-state index in [1.165, 1.54) is 19.3 Å². The van der Waals surface area contributed by atoms with Crippen LogP contribution in [0.3, 0.4) is 0 Å². The van der Waals surface area contributed by atoms with Crippen LogP contribution >= 0.6 is 11.6 Å². The van der Waals surface area contributed by atoms with E-state index in [1.807, 2.05) is 36.1 Å². The summed E-state index contributed by atoms with van der Waals surface area (Å²) in [5, 5.41) is 0.693. The lowest BCUT2D eigenvalue weighted by Crippen LogP contribution is -2.49. The lowest BCUT2D eigenvalue weighted by Gasteiger charge is -2.36. The van der Waals surface area contributed by atoms with E-state index in [4.69, 9.17) is 11.6 Å². The summed E-state index contributed by atoms with van der Waals surface area (Å²) in [4.78, 5) is 28.6. The van der Waals surface area contributed by atoms with E-state index < -0.39 is 0 Å². The third kappa shape index (κ3) is 4.99. The van der Waals surface area contributed by atoms with Gasteiger partial charge in [-0.3, -0.25) is 4.79 Å². The zero-order valence-corrected chi connectivity index (χ0v) is 17.7. The van der Waals surface area contributed by atoms with Gasteiger partial charge in [-0.1, -0.05) is 23.7 Å². The molecule has 0 bridgehead atoms. The first-order valence-corrected chi connectivity index (χ1v) is 10.8. The van der Waals surface area contributed by atoms with E-state index in [-0.39, 0.29) is 5.91 Å². The fraction of sp³-hybridized carbons (Fsp3) is 0.500. The summed E-state index contributed by atoms with van der Waals surface area (Å²) in [6, 6.07) is 9.62. The maximum Gasteiger partial charge on any atom is 0.227 e. The lowest BCUT2D eigenvalue weighted by molar-refractivity contribution is -0.130. The van der Waals surface area contributed by atoms with Gasteiger partial charge in [-0.05, 0) is 43.9 Å². The van der Waals surface area contributed by atoms with Crippen LogP contribution in [0, 0.1) is 6.92 Å². The topological polar surface area (TPSA) is 52.6 Å². The predicted molar refractivity (Wildman–Crippen MR) is 117 cm³/mol. The molecule has 0 saturated carbocycles. The number of nitrogens with zero attached hydrogens (tertiary/aromatic N) is 5. The summed E-state index contributed by atoms with van der Waals surface area (Å²) in [5.41, 5.74) is 0.999. The second-order valence-electron chi connectivity index (χ2n) is 7.85. The fourth-order valence-electron chi connectivity index (χ4n) is 4.06. The molecule has 1 aromatic carbocycles. The Bertz CT molecular complexity index is 843. The van der Waals surface area contributed by atoms with Gasteiger partial charge in [-0.2, -0.15) is 0 Å². The highest BCUT2D eigenvalue weighted by Gasteiger charge is 2.23. The summed E-state index contributed by atoms with van der Waals surface area (Å²) in [6.07, 6.45) is 4.18. The molecule has 29 heavy (non-hydrogen) atoms. The molecule has 0 atom stereocenters. The van der Waals surface area contributed by atoms with E-state index >= 15 is 0 Å². The molecule has 154 valence electrons. The van der Waals surface area contributed by atoms with Gasteiger partial charge in [0.05, 0.1) is 6.42 Å². The predicted octanol–water partition coefficient (Wildman–Crippen LogP) is 3.32. The number of halogens is 1. The minimum absolute atomic E-state index is 0.167. The lowest BCUT2D eigenvalue weighted by atomic mass is 10.1. The zero-order valence-electron chi connectivity index (χ0n) is 17.0. The number of hydrogen-bond donors (Lipinski definition) is 0. The van der Waals surface area contributed by atoms with Crippen molar-refractivity contribution in [1.29, 1.82) is 0 Å². The largest absolute Gasteiger partial charge is 0.356 e. The molecule has 4 rings (SSSR count). The third-order valence-electron chi connectivity index (χ3n) is 5.72. The minimum atomic E-state index is 0.167. The number of piperazine rings is 1. The molecule has 0 aliphatic carbocycles. The Morgan fingerprint density at radius 3 is 2.10 bits per heavy atom. The number of rotatable bonds is 4. The zero-order chi connectivity index (χ0) is 20.2. The SMILES string of the molecule is Cc1nc(N2CCCCC2)cc(N2CCN(C(=O)Cc3ccc(Cl)cc3)CC2)n1. The maximum atomic E-state index is 12.7. The smallest absolute Gasteiger partial charge is 0.227 e. The second kappa shape index (κ2) is 8.99. The maximum absolute atomic E-state index is 12.7. The average molecular weight is 414 g/mol. The molecule has 0 spiro atoms. The molecule has 0 N–H and O–H groups in total. The van der Waals surface area contributed by atoms with Gasteiger partial charge in [0, 0.05) is 50.4 Å². The second-order valence-corrected chi connectivity index (χ2v) is 8.29. The molecule has 7 heteroatoms. The number of carbonyl (C=O) groups excluding carboxylic acids is 1. The standard InChI is InChI=1S/C22H28ClN5O/c1-17-24-20(26-9-3-2-4-10-26)16-21(25-17)27-11-13-28(14-12-27)22(29)15-18-5-7-19(23)8-6-18/h5-8,16H,2-4,9-15H2,1H3. The van der Waals surface area contributed by atoms with Crippen molar-refractivity contribution in [3.8, 4) is 0 Å². The van der Waals surface area contributed by atoms with Crippen LogP contribution in [0.25, 0.3) is 0 Å². The summed E-state index contributed by atoms with van der Waals surface area (Å²) in [5.74, 6) is 2.99. The van der Waals surface area contributed by atoms with Crippen LogP contribution in [0.1, 0.15) is 30.7 Å². The molecule has 2 aromatic rings. The quantitative estimate of drug-likeness (QED) is 0.769. The highest BCUT2D eigenvalue weighted by Crippen LogP contribution is 2.23. The van der Waals surface area contributed by atoms with Crippen LogP contribution < -0.4 is 9.80 Å². The van der Waals surface area contributed by atoms with Crippen LogP contribution in [0.15, 0.2) is 30.3 Å². The summed E-state index contributed by atoms with van der Waals surface area (Å²) >= 11 is 5.93. The van der Waals surface area contributed by atoms with Crippen molar-refractivity contribution < 1.29 is 4.79 Å². The molecule has 2 saturated heterocycles. The van der Waals surface area contributed by atoms with Gasteiger partial charge in [0.2, 0.25) is 5.91 Å². The van der Waals surface area contributed by atoms with Gasteiger partial charge < -0.3 is 14.7 Å². The van der Waals surface area contributed by atoms with Crippen LogP contribution in [-0.4, -0.2) is 60.0 Å². The first-order valence-electron chi connectivity index (χ1n) is 10.5. The number of anilines is 2. The van der Waals surface area contributed by atoms with Crippen molar-refractivity contribution in [2.45, 2.75) is 32.6 Å². The van der Waals surface area contributed by atoms with E-state index in [0.717, 1.165) is 49.2 Å². The molecule has 0 unspecified atom stereocenters. The Morgan fingerprint density at radius 2 is 1.48 bits per heavy atom. The van der Waals surface area contributed by atoms with E-state index in [0.29, 0.717) is 24.5 Å². The van der Waals surface area contributed by atoms with Gasteiger partial charge in [-0.25, -0.2) is 9.97 Å². The van der Waals surface area contributed by atoms with Gasteiger partial charge >= 0.3 is 0 Å². The Morgan fingerprint density at radius 1 is 0.897 bits per heavy atom. The molecule has 6 nitrogen and oxygen atoms in total. The third-order valence-corrected chi connectivity index (χ3v) is 5.97. The molecule has 1 aromatic heterocycles. The highest BCUT2D eigenvalue weighted by molar-refractivity contribution is 6.30. The van der Waals surface area contributed by atoms with Crippen LogP contribution in [-0.2, 0) is 11.2 Å². The average Bonchev–Trinajstić information content (AvgIpc) is 2.75. The van der Waals surface area contributed by atoms with Crippen molar-refractivity contribution in [2.75, 3.05) is 49.1 Å². The van der Waals surface area contributed by atoms with Gasteiger partial charge in [-0.15, -0.1) is 0 Å². The molecule has 0 radical (unpaired) electrons. The Kier molecular flexibility index (Phi) is 6.19. The number of aromatic nitrogens is 2. The Hall–Kier alpha value is -2.34. The summed E-state index contributed by atoms with van der Waals surface area (Å²) < 4.78 is 0. The Balaban J connectivity index is 1.37. The molecular formula is C22H28ClN5O. The number of aryl methyl sites for hydroxylation is 1. The molecule has 2 aliphatic heterocycles. The molecule has 2 fully saturated rings. The minimum Gasteiger partial charge on any atom is -0.356 e. The molecule has 1 amide bonds. The van der Waals surface area contributed by atoms with Gasteiger partial charge in [0.15, 0.2) is 0 Å². The molecule has 2 aliphatic rings. The first-order chi connectivity index (χ1) is 14.1. The highest BCUT2D eigenvalue weighted by atomic mass is 35.5. The van der Waals surface area contributed by atoms with Crippen LogP contribution in [0.5, 0.6) is 0 Å². The van der Waals surface area contributed by atoms with E-state index in [9.17, 15) is 4.79 Å². The van der Waals surface area contributed by atoms with Crippen LogP contribution in [0.4, 0.5) is 11.6 Å². The number of amides is 1. The van der Waals surface area contributed by atoms with Gasteiger partial charge in [0.1, 0.15) is 17.5 Å². The van der Waals surface area contributed by atoms with Gasteiger partial charge in [0.25, 0.3) is 0 Å². The first kappa shape index (κ1) is 20.0. The van der Waals surface area contributed by atoms with Crippen molar-refractivity contribution >= 4 is 29.1 Å². The van der Waals surface area contributed by atoms with Crippen molar-refractivity contribution in [2.24, 2.45) is 0 Å². The number of piperidine rings is 1. The Labute approximate surface area is 177 Å². The number of hydrogen-bond acceptors (Lipinski definition) is 5. The van der Waals surface area contributed by atoms with Crippen molar-refractivity contribution in [3.63, 3.8) is 0 Å². The number of benzene rings is 1. The molecule has 3 heterocycles. The fourth-order valence-corrected chi connectivity index (χ4v) is 4.18. The molecular weight excluding hydrogens is 386 g/mol. The normalized spacial score (nSPS) is 17.5.